The van der Waals surface area contributed by atoms with E-state index in [1.165, 1.54) is 12.1 Å². The highest BCUT2D eigenvalue weighted by atomic mass is 19.1. The normalized spacial score (nSPS) is 19.7. The van der Waals surface area contributed by atoms with E-state index in [9.17, 15) is 9.50 Å². The monoisotopic (exact) mass is 653 g/mol. The fraction of sp³-hybridized carbons (Fsp3) is 0.417. The van der Waals surface area contributed by atoms with Crippen molar-refractivity contribution in [1.29, 1.82) is 0 Å². The number of halogens is 1. The third-order valence-electron chi connectivity index (χ3n) is 10.0. The lowest BCUT2D eigenvalue weighted by Crippen LogP contribution is -2.54. The molecule has 6 heterocycles. The van der Waals surface area contributed by atoms with Crippen molar-refractivity contribution >= 4 is 38.4 Å². The molecule has 0 amide bonds. The van der Waals surface area contributed by atoms with E-state index in [0.29, 0.717) is 52.2 Å². The second-order valence-corrected chi connectivity index (χ2v) is 13.6. The van der Waals surface area contributed by atoms with E-state index in [1.807, 2.05) is 25.1 Å². The number of allylic oxidation sites excluding steroid dienone is 1. The Morgan fingerprint density at radius 3 is 2.62 bits per heavy atom. The molecule has 2 saturated heterocycles. The number of aromatic amines is 1. The second-order valence-electron chi connectivity index (χ2n) is 13.6. The van der Waals surface area contributed by atoms with Crippen molar-refractivity contribution in [3.05, 3.63) is 65.6 Å². The third-order valence-corrected chi connectivity index (χ3v) is 10.0. The van der Waals surface area contributed by atoms with Crippen LogP contribution in [0, 0.1) is 5.82 Å². The number of ether oxygens (including phenoxy) is 2. The summed E-state index contributed by atoms with van der Waals surface area (Å²) in [5.74, 6) is 1.34. The Morgan fingerprint density at radius 2 is 1.92 bits per heavy atom. The Labute approximate surface area is 277 Å². The van der Waals surface area contributed by atoms with Gasteiger partial charge in [-0.25, -0.2) is 14.4 Å². The lowest BCUT2D eigenvalue weighted by atomic mass is 9.87. The minimum absolute atomic E-state index is 0.280. The van der Waals surface area contributed by atoms with Gasteiger partial charge in [-0.2, -0.15) is 0 Å². The summed E-state index contributed by atoms with van der Waals surface area (Å²) in [4.78, 5) is 26.1. The summed E-state index contributed by atoms with van der Waals surface area (Å²) in [6.07, 6.45) is 2.73. The molecule has 12 heteroatoms. The van der Waals surface area contributed by atoms with Crippen LogP contribution in [-0.2, 0) is 9.57 Å². The first kappa shape index (κ1) is 31.1. The fourth-order valence-electron chi connectivity index (χ4n) is 7.42. The van der Waals surface area contributed by atoms with Gasteiger partial charge in [0.1, 0.15) is 29.1 Å². The molecule has 1 atom stereocenters. The molecule has 2 aromatic carbocycles. The summed E-state index contributed by atoms with van der Waals surface area (Å²) in [6, 6.07) is 11.2. The summed E-state index contributed by atoms with van der Waals surface area (Å²) in [5.41, 5.74) is 7.80. The van der Waals surface area contributed by atoms with Gasteiger partial charge in [0.05, 0.1) is 48.5 Å². The topological polar surface area (TPSA) is 130 Å². The SMILES string of the molecule is COc1cc2c(cc1C1=C(C)ONC1(C)C)[nH]c1nc(C(O)CNC3CCN(C4COC4)CC3)nc(-c3ccnc4ccc(F)cc34)c12. The van der Waals surface area contributed by atoms with Gasteiger partial charge in [0, 0.05) is 64.9 Å². The van der Waals surface area contributed by atoms with E-state index in [1.54, 1.807) is 19.4 Å². The number of hydrogen-bond donors (Lipinski definition) is 4. The molecule has 11 nitrogen and oxygen atoms in total. The quantitative estimate of drug-likeness (QED) is 0.182. The van der Waals surface area contributed by atoms with Gasteiger partial charge < -0.3 is 29.7 Å². The largest absolute Gasteiger partial charge is 0.496 e. The maximum absolute atomic E-state index is 14.6. The third kappa shape index (κ3) is 5.37. The molecule has 8 rings (SSSR count). The van der Waals surface area contributed by atoms with E-state index >= 15 is 0 Å². The van der Waals surface area contributed by atoms with Crippen molar-refractivity contribution in [2.24, 2.45) is 0 Å². The van der Waals surface area contributed by atoms with Crippen LogP contribution in [0.4, 0.5) is 4.39 Å². The smallest absolute Gasteiger partial charge is 0.161 e. The molecular formula is C36H40FN7O4. The first-order valence-electron chi connectivity index (χ1n) is 16.5. The van der Waals surface area contributed by atoms with E-state index in [-0.39, 0.29) is 11.6 Å². The molecule has 1 unspecified atom stereocenters. The van der Waals surface area contributed by atoms with Gasteiger partial charge in [-0.05, 0) is 70.0 Å². The van der Waals surface area contributed by atoms with Gasteiger partial charge >= 0.3 is 0 Å². The number of aromatic nitrogens is 4. The van der Waals surface area contributed by atoms with Crippen molar-refractivity contribution in [3.63, 3.8) is 0 Å². The zero-order chi connectivity index (χ0) is 33.2. The average molecular weight is 654 g/mol. The van der Waals surface area contributed by atoms with Crippen molar-refractivity contribution < 1.29 is 23.8 Å². The molecule has 5 aromatic rings. The van der Waals surface area contributed by atoms with Gasteiger partial charge in [0.2, 0.25) is 0 Å². The molecule has 0 spiro atoms. The Bertz CT molecular complexity index is 2070. The predicted molar refractivity (Wildman–Crippen MR) is 182 cm³/mol. The standard InChI is InChI=1S/C36H40FN7O4/c1-19-32(36(2,3)43-48-19)26-14-28-25(15-30(26)46-4)31-33(23-7-10-38-27-6-5-20(37)13-24(23)27)41-34(42-35(31)40-28)29(45)16-39-21-8-11-44(12-9-21)22-17-47-18-22/h5-7,10,13-15,21-22,29,39,43,45H,8-9,11-12,16-18H2,1-4H3,(H,40,41,42). The van der Waals surface area contributed by atoms with Crippen molar-refractivity contribution in [1.82, 2.24) is 35.6 Å². The molecule has 0 bridgehead atoms. The molecule has 0 radical (unpaired) electrons. The van der Waals surface area contributed by atoms with Crippen LogP contribution in [0.1, 0.15) is 51.1 Å². The highest BCUT2D eigenvalue weighted by Crippen LogP contribution is 2.44. The Hall–Kier alpha value is -4.20. The number of aliphatic hydroxyl groups excluding tert-OH is 1. The number of hydrogen-bond acceptors (Lipinski definition) is 10. The van der Waals surface area contributed by atoms with Crippen LogP contribution in [0.5, 0.6) is 5.75 Å². The van der Waals surface area contributed by atoms with Gasteiger partial charge in [-0.15, -0.1) is 5.48 Å². The summed E-state index contributed by atoms with van der Waals surface area (Å²) < 4.78 is 26.0. The zero-order valence-corrected chi connectivity index (χ0v) is 27.6. The van der Waals surface area contributed by atoms with E-state index in [2.05, 4.69) is 39.5 Å². The number of aliphatic hydroxyl groups is 1. The van der Waals surface area contributed by atoms with Crippen LogP contribution in [0.25, 0.3) is 49.7 Å². The minimum Gasteiger partial charge on any atom is -0.496 e. The lowest BCUT2D eigenvalue weighted by Gasteiger charge is -2.41. The van der Waals surface area contributed by atoms with E-state index in [4.69, 9.17) is 24.3 Å². The Kier molecular flexibility index (Phi) is 7.80. The molecule has 2 fully saturated rings. The molecule has 3 aliphatic heterocycles. The zero-order valence-electron chi connectivity index (χ0n) is 27.6. The van der Waals surface area contributed by atoms with Crippen LogP contribution in [0.3, 0.4) is 0 Å². The number of hydroxylamine groups is 1. The molecular weight excluding hydrogens is 613 g/mol. The maximum Gasteiger partial charge on any atom is 0.161 e. The van der Waals surface area contributed by atoms with Crippen molar-refractivity contribution in [2.75, 3.05) is 40.0 Å². The maximum atomic E-state index is 14.6. The molecule has 48 heavy (non-hydrogen) atoms. The summed E-state index contributed by atoms with van der Waals surface area (Å²) in [5, 5.41) is 17.3. The molecule has 250 valence electrons. The number of nitrogens with zero attached hydrogens (tertiary/aromatic N) is 4. The molecule has 4 N–H and O–H groups in total. The number of fused-ring (bicyclic) bond motifs is 4. The second kappa shape index (κ2) is 12.0. The van der Waals surface area contributed by atoms with Crippen LogP contribution in [-0.4, -0.2) is 87.5 Å². The number of piperidine rings is 1. The summed E-state index contributed by atoms with van der Waals surface area (Å²) in [7, 11) is 1.65. The van der Waals surface area contributed by atoms with Gasteiger partial charge in [-0.3, -0.25) is 9.88 Å². The van der Waals surface area contributed by atoms with Gasteiger partial charge in [0.15, 0.2) is 5.82 Å². The van der Waals surface area contributed by atoms with Gasteiger partial charge in [0.25, 0.3) is 0 Å². The van der Waals surface area contributed by atoms with E-state index in [0.717, 1.165) is 72.3 Å². The predicted octanol–water partition coefficient (Wildman–Crippen LogP) is 5.00. The van der Waals surface area contributed by atoms with Crippen LogP contribution in [0.15, 0.2) is 48.4 Å². The molecule has 3 aliphatic rings. The number of rotatable bonds is 8. The summed E-state index contributed by atoms with van der Waals surface area (Å²) in [6.45, 7) is 10.0. The number of H-pyrrole nitrogens is 1. The fourth-order valence-corrected chi connectivity index (χ4v) is 7.42. The van der Waals surface area contributed by atoms with Gasteiger partial charge in [-0.1, -0.05) is 0 Å². The Balaban J connectivity index is 1.22. The average Bonchev–Trinajstić information content (AvgIpc) is 3.56. The summed E-state index contributed by atoms with van der Waals surface area (Å²) >= 11 is 0. The van der Waals surface area contributed by atoms with Crippen LogP contribution in [0.2, 0.25) is 0 Å². The number of benzene rings is 2. The van der Waals surface area contributed by atoms with Crippen LogP contribution < -0.4 is 15.5 Å². The van der Waals surface area contributed by atoms with Crippen LogP contribution >= 0.6 is 0 Å². The minimum atomic E-state index is -0.970. The number of pyridine rings is 1. The lowest BCUT2D eigenvalue weighted by molar-refractivity contribution is -0.0721. The first-order valence-corrected chi connectivity index (χ1v) is 16.5. The number of methoxy groups -OCH3 is 1. The highest BCUT2D eigenvalue weighted by Gasteiger charge is 2.36. The van der Waals surface area contributed by atoms with E-state index < -0.39 is 11.6 Å². The van der Waals surface area contributed by atoms with Crippen molar-refractivity contribution in [2.45, 2.75) is 57.3 Å². The number of likely N-dealkylation sites (tertiary alicyclic amines) is 1. The number of nitrogens with one attached hydrogen (secondary N) is 3. The molecule has 0 saturated carbocycles. The molecule has 0 aliphatic carbocycles. The molecule has 3 aromatic heterocycles. The highest BCUT2D eigenvalue weighted by molar-refractivity contribution is 6.15. The Morgan fingerprint density at radius 1 is 1.10 bits per heavy atom. The van der Waals surface area contributed by atoms with Crippen molar-refractivity contribution in [3.8, 4) is 17.0 Å². The first-order chi connectivity index (χ1) is 23.2.